The maximum absolute atomic E-state index is 13.5. The smallest absolute Gasteiger partial charge is 0.260 e. The van der Waals surface area contributed by atoms with Crippen LogP contribution in [-0.2, 0) is 22.7 Å². The fourth-order valence-electron chi connectivity index (χ4n) is 3.51. The van der Waals surface area contributed by atoms with Gasteiger partial charge in [-0.2, -0.15) is 0 Å². The Morgan fingerprint density at radius 3 is 2.26 bits per heavy atom. The van der Waals surface area contributed by atoms with Crippen molar-refractivity contribution in [3.05, 3.63) is 86.8 Å². The summed E-state index contributed by atoms with van der Waals surface area (Å²) in [5, 5.41) is 2.58. The number of hydrogen-bond acceptors (Lipinski definition) is 4. The number of carbonyl (C=O) groups is 2. The van der Waals surface area contributed by atoms with Crippen molar-refractivity contribution in [2.75, 3.05) is 19.7 Å². The van der Waals surface area contributed by atoms with Crippen LogP contribution in [-0.4, -0.2) is 41.3 Å². The number of nitrogens with zero attached hydrogens (tertiary/aromatic N) is 2. The van der Waals surface area contributed by atoms with E-state index in [1.165, 1.54) is 12.1 Å². The zero-order valence-corrected chi connectivity index (χ0v) is 21.7. The van der Waals surface area contributed by atoms with Crippen molar-refractivity contribution in [2.24, 2.45) is 5.92 Å². The summed E-state index contributed by atoms with van der Waals surface area (Å²) in [6.45, 7) is 6.93. The molecule has 35 heavy (non-hydrogen) atoms. The third-order valence-electron chi connectivity index (χ3n) is 5.38. The van der Waals surface area contributed by atoms with Crippen molar-refractivity contribution in [1.29, 1.82) is 0 Å². The molecule has 5 nitrogen and oxygen atoms in total. The van der Waals surface area contributed by atoms with E-state index in [0.717, 1.165) is 16.0 Å². The third kappa shape index (κ3) is 8.37. The van der Waals surface area contributed by atoms with Crippen LogP contribution in [0.2, 0.25) is 5.02 Å². The molecule has 2 aromatic carbocycles. The highest BCUT2D eigenvalue weighted by molar-refractivity contribution is 7.10. The first-order valence-electron chi connectivity index (χ1n) is 11.4. The molecule has 0 aliphatic heterocycles. The summed E-state index contributed by atoms with van der Waals surface area (Å²) in [7, 11) is 0. The summed E-state index contributed by atoms with van der Waals surface area (Å²) < 4.78 is 19.0. The van der Waals surface area contributed by atoms with Gasteiger partial charge in [-0.05, 0) is 71.8 Å². The fourth-order valence-corrected chi connectivity index (χ4v) is 4.55. The van der Waals surface area contributed by atoms with Crippen LogP contribution >= 0.6 is 22.9 Å². The van der Waals surface area contributed by atoms with E-state index < -0.39 is 0 Å². The molecule has 8 heteroatoms. The molecule has 0 radical (unpaired) electrons. The van der Waals surface area contributed by atoms with Crippen LogP contribution in [0.3, 0.4) is 0 Å². The number of hydrogen-bond donors (Lipinski definition) is 0. The van der Waals surface area contributed by atoms with Crippen molar-refractivity contribution < 1.29 is 18.7 Å². The molecule has 2 amide bonds. The molecule has 186 valence electrons. The van der Waals surface area contributed by atoms with Gasteiger partial charge in [0.2, 0.25) is 5.91 Å². The number of rotatable bonds is 11. The number of halogens is 2. The zero-order valence-electron chi connectivity index (χ0n) is 20.2. The monoisotopic (exact) mass is 516 g/mol. The van der Waals surface area contributed by atoms with Crippen LogP contribution < -0.4 is 4.74 Å². The van der Waals surface area contributed by atoms with Gasteiger partial charge in [0.15, 0.2) is 6.61 Å². The van der Waals surface area contributed by atoms with E-state index in [4.69, 9.17) is 16.3 Å². The van der Waals surface area contributed by atoms with Crippen LogP contribution in [0.4, 0.5) is 4.39 Å². The standard InChI is InChI=1S/C27H30ClFN2O3S/c1-19(2)14-30(27(33)18-34-24-10-6-22(28)7-11-24)17-26(32)31(16-25-20(3)12-13-35-25)15-21-4-8-23(29)9-5-21/h4-13,19H,14-18H2,1-3H3. The molecule has 0 fully saturated rings. The lowest BCUT2D eigenvalue weighted by atomic mass is 10.2. The Labute approximate surface area is 215 Å². The minimum absolute atomic E-state index is 0.0629. The summed E-state index contributed by atoms with van der Waals surface area (Å²) in [5.41, 5.74) is 1.93. The molecule has 0 saturated heterocycles. The van der Waals surface area contributed by atoms with Gasteiger partial charge in [0, 0.05) is 23.0 Å². The molecule has 0 aliphatic rings. The molecule has 3 rings (SSSR count). The molecular weight excluding hydrogens is 487 g/mol. The van der Waals surface area contributed by atoms with Gasteiger partial charge in [-0.3, -0.25) is 9.59 Å². The summed E-state index contributed by atoms with van der Waals surface area (Å²) in [5.74, 6) is -0.0641. The molecule has 0 aliphatic carbocycles. The lowest BCUT2D eigenvalue weighted by Crippen LogP contribution is -2.45. The number of carbonyl (C=O) groups excluding carboxylic acids is 2. The van der Waals surface area contributed by atoms with E-state index in [-0.39, 0.29) is 36.7 Å². The molecule has 1 heterocycles. The Morgan fingerprint density at radius 2 is 1.66 bits per heavy atom. The van der Waals surface area contributed by atoms with E-state index in [9.17, 15) is 14.0 Å². The van der Waals surface area contributed by atoms with E-state index in [1.54, 1.807) is 57.5 Å². The Hall–Kier alpha value is -2.90. The molecule has 0 spiro atoms. The second-order valence-electron chi connectivity index (χ2n) is 8.81. The van der Waals surface area contributed by atoms with E-state index in [2.05, 4.69) is 0 Å². The van der Waals surface area contributed by atoms with Gasteiger partial charge in [-0.15, -0.1) is 11.3 Å². The summed E-state index contributed by atoms with van der Waals surface area (Å²) in [4.78, 5) is 30.8. The first-order valence-corrected chi connectivity index (χ1v) is 12.7. The second-order valence-corrected chi connectivity index (χ2v) is 10.3. The minimum atomic E-state index is -0.324. The fraction of sp³-hybridized carbons (Fsp3) is 0.333. The van der Waals surface area contributed by atoms with Gasteiger partial charge in [-0.25, -0.2) is 4.39 Å². The quantitative estimate of drug-likeness (QED) is 0.317. The predicted molar refractivity (Wildman–Crippen MR) is 138 cm³/mol. The molecule has 1 aromatic heterocycles. The average Bonchev–Trinajstić information content (AvgIpc) is 3.23. The summed E-state index contributed by atoms with van der Waals surface area (Å²) in [6, 6.07) is 14.9. The van der Waals surface area contributed by atoms with E-state index in [0.29, 0.717) is 30.4 Å². The Kier molecular flexibility index (Phi) is 9.69. The van der Waals surface area contributed by atoms with Gasteiger partial charge >= 0.3 is 0 Å². The Bertz CT molecular complexity index is 1120. The third-order valence-corrected chi connectivity index (χ3v) is 6.64. The van der Waals surface area contributed by atoms with Crippen LogP contribution in [0.15, 0.2) is 60.0 Å². The molecule has 0 N–H and O–H groups in total. The lowest BCUT2D eigenvalue weighted by molar-refractivity contribution is -0.142. The minimum Gasteiger partial charge on any atom is -0.484 e. The topological polar surface area (TPSA) is 49.9 Å². The zero-order chi connectivity index (χ0) is 25.4. The van der Waals surface area contributed by atoms with E-state index in [1.807, 2.05) is 32.2 Å². The number of benzene rings is 2. The maximum atomic E-state index is 13.5. The normalized spacial score (nSPS) is 10.9. The van der Waals surface area contributed by atoms with Crippen molar-refractivity contribution in [3.8, 4) is 5.75 Å². The van der Waals surface area contributed by atoms with Gasteiger partial charge < -0.3 is 14.5 Å². The highest BCUT2D eigenvalue weighted by Crippen LogP contribution is 2.20. The van der Waals surface area contributed by atoms with Crippen molar-refractivity contribution in [2.45, 2.75) is 33.9 Å². The van der Waals surface area contributed by atoms with Crippen LogP contribution in [0.5, 0.6) is 5.75 Å². The van der Waals surface area contributed by atoms with Crippen molar-refractivity contribution in [1.82, 2.24) is 9.80 Å². The number of aryl methyl sites for hydroxylation is 1. The molecule has 0 bridgehead atoms. The lowest BCUT2D eigenvalue weighted by Gasteiger charge is -2.29. The van der Waals surface area contributed by atoms with Crippen LogP contribution in [0, 0.1) is 18.7 Å². The van der Waals surface area contributed by atoms with Gasteiger partial charge in [0.1, 0.15) is 11.6 Å². The van der Waals surface area contributed by atoms with Crippen LogP contribution in [0.1, 0.15) is 29.9 Å². The van der Waals surface area contributed by atoms with Gasteiger partial charge in [0.05, 0.1) is 13.1 Å². The molecule has 0 saturated carbocycles. The highest BCUT2D eigenvalue weighted by Gasteiger charge is 2.23. The summed E-state index contributed by atoms with van der Waals surface area (Å²) >= 11 is 7.49. The molecule has 3 aromatic rings. The Morgan fingerprint density at radius 1 is 0.971 bits per heavy atom. The Balaban J connectivity index is 1.73. The molecular formula is C27H30ClFN2O3S. The van der Waals surface area contributed by atoms with Gasteiger partial charge in [-0.1, -0.05) is 37.6 Å². The van der Waals surface area contributed by atoms with Crippen molar-refractivity contribution >= 4 is 34.8 Å². The average molecular weight is 517 g/mol. The van der Waals surface area contributed by atoms with Crippen LogP contribution in [0.25, 0.3) is 0 Å². The second kappa shape index (κ2) is 12.7. The van der Waals surface area contributed by atoms with E-state index >= 15 is 0 Å². The predicted octanol–water partition coefficient (Wildman–Crippen LogP) is 5.94. The molecule has 0 unspecified atom stereocenters. The number of amides is 2. The highest BCUT2D eigenvalue weighted by atomic mass is 35.5. The largest absolute Gasteiger partial charge is 0.484 e. The number of ether oxygens (including phenoxy) is 1. The maximum Gasteiger partial charge on any atom is 0.260 e. The first kappa shape index (κ1) is 26.7. The van der Waals surface area contributed by atoms with Crippen molar-refractivity contribution in [3.63, 3.8) is 0 Å². The summed E-state index contributed by atoms with van der Waals surface area (Å²) in [6.07, 6.45) is 0. The first-order chi connectivity index (χ1) is 16.7. The molecule has 0 atom stereocenters. The van der Waals surface area contributed by atoms with Gasteiger partial charge in [0.25, 0.3) is 5.91 Å². The SMILES string of the molecule is Cc1ccsc1CN(Cc1ccc(F)cc1)C(=O)CN(CC(C)C)C(=O)COc1ccc(Cl)cc1. The number of thiophene rings is 1.